The molecule has 1 aliphatic rings. The fraction of sp³-hybridized carbons (Fsp3) is 0.462. The van der Waals surface area contributed by atoms with Crippen molar-refractivity contribution in [1.82, 2.24) is 5.32 Å². The molecule has 0 aromatic heterocycles. The zero-order chi connectivity index (χ0) is 13.2. The molecule has 1 fully saturated rings. The zero-order valence-electron chi connectivity index (χ0n) is 10.1. The summed E-state index contributed by atoms with van der Waals surface area (Å²) in [5, 5.41) is 3.22. The van der Waals surface area contributed by atoms with Gasteiger partial charge in [-0.05, 0) is 38.4 Å². The van der Waals surface area contributed by atoms with E-state index < -0.39 is 11.7 Å². The first-order valence-corrected chi connectivity index (χ1v) is 5.93. The highest BCUT2D eigenvalue weighted by Gasteiger charge is 2.33. The summed E-state index contributed by atoms with van der Waals surface area (Å²) in [5.74, 6) is 0. The molecule has 1 aliphatic heterocycles. The molecule has 0 amide bonds. The Morgan fingerprint density at radius 3 is 2.67 bits per heavy atom. The summed E-state index contributed by atoms with van der Waals surface area (Å²) in [7, 11) is 0. The van der Waals surface area contributed by atoms with Crippen LogP contribution in [-0.4, -0.2) is 18.3 Å². The van der Waals surface area contributed by atoms with Gasteiger partial charge >= 0.3 is 6.18 Å². The summed E-state index contributed by atoms with van der Waals surface area (Å²) in [6.45, 7) is 2.68. The van der Waals surface area contributed by atoms with Crippen molar-refractivity contribution in [2.45, 2.75) is 32.0 Å². The molecule has 1 heterocycles. The van der Waals surface area contributed by atoms with Crippen molar-refractivity contribution in [3.05, 3.63) is 29.8 Å². The predicted molar refractivity (Wildman–Crippen MR) is 65.2 cm³/mol. The third kappa shape index (κ3) is 2.90. The maximum absolute atomic E-state index is 12.8. The number of halogens is 3. The molecule has 1 N–H and O–H groups in total. The SMILES string of the molecule is CC(=Nc1ccccc1C(F)(F)F)C1CCCN1. The monoisotopic (exact) mass is 256 g/mol. The lowest BCUT2D eigenvalue weighted by atomic mass is 10.1. The normalized spacial score (nSPS) is 21.3. The second-order valence-electron chi connectivity index (χ2n) is 4.42. The number of nitrogens with one attached hydrogen (secondary N) is 1. The van der Waals surface area contributed by atoms with Crippen LogP contribution in [-0.2, 0) is 6.18 Å². The minimum absolute atomic E-state index is 0.00352. The van der Waals surface area contributed by atoms with E-state index in [1.165, 1.54) is 12.1 Å². The number of nitrogens with zero attached hydrogens (tertiary/aromatic N) is 1. The highest BCUT2D eigenvalue weighted by Crippen LogP contribution is 2.36. The Morgan fingerprint density at radius 2 is 2.06 bits per heavy atom. The molecule has 1 saturated heterocycles. The maximum atomic E-state index is 12.8. The van der Waals surface area contributed by atoms with Gasteiger partial charge in [0.05, 0.1) is 11.3 Å². The van der Waals surface area contributed by atoms with Gasteiger partial charge in [0.25, 0.3) is 0 Å². The van der Waals surface area contributed by atoms with Crippen molar-refractivity contribution < 1.29 is 13.2 Å². The van der Waals surface area contributed by atoms with Crippen LogP contribution in [0.1, 0.15) is 25.3 Å². The first-order chi connectivity index (χ1) is 8.48. The number of aliphatic imine (C=N–C) groups is 1. The maximum Gasteiger partial charge on any atom is 0.418 e. The van der Waals surface area contributed by atoms with Gasteiger partial charge in [-0.3, -0.25) is 4.99 Å². The van der Waals surface area contributed by atoms with Crippen LogP contribution in [0.25, 0.3) is 0 Å². The summed E-state index contributed by atoms with van der Waals surface area (Å²) in [6, 6.07) is 5.52. The second kappa shape index (κ2) is 5.10. The van der Waals surface area contributed by atoms with Gasteiger partial charge in [-0.25, -0.2) is 0 Å². The summed E-state index contributed by atoms with van der Waals surface area (Å²) in [4.78, 5) is 4.14. The summed E-state index contributed by atoms with van der Waals surface area (Å²) in [5.41, 5.74) is 0.0303. The fourth-order valence-electron chi connectivity index (χ4n) is 2.12. The highest BCUT2D eigenvalue weighted by molar-refractivity contribution is 5.90. The largest absolute Gasteiger partial charge is 0.418 e. The quantitative estimate of drug-likeness (QED) is 0.804. The van der Waals surface area contributed by atoms with E-state index in [1.807, 2.05) is 0 Å². The zero-order valence-corrected chi connectivity index (χ0v) is 10.1. The molecule has 0 radical (unpaired) electrons. The Morgan fingerprint density at radius 1 is 1.33 bits per heavy atom. The number of para-hydroxylation sites is 1. The van der Waals surface area contributed by atoms with Gasteiger partial charge in [0.2, 0.25) is 0 Å². The van der Waals surface area contributed by atoms with Gasteiger partial charge in [0.1, 0.15) is 0 Å². The van der Waals surface area contributed by atoms with E-state index in [-0.39, 0.29) is 11.7 Å². The number of hydrogen-bond donors (Lipinski definition) is 1. The van der Waals surface area contributed by atoms with E-state index in [4.69, 9.17) is 0 Å². The second-order valence-corrected chi connectivity index (χ2v) is 4.42. The number of alkyl halides is 3. The standard InChI is InChI=1S/C13H15F3N2/c1-9(11-7-4-8-17-11)18-12-6-3-2-5-10(12)13(14,15)16/h2-3,5-6,11,17H,4,7-8H2,1H3. The van der Waals surface area contributed by atoms with Crippen LogP contribution < -0.4 is 5.32 Å². The molecule has 1 aromatic carbocycles. The smallest absolute Gasteiger partial charge is 0.309 e. The first kappa shape index (κ1) is 13.1. The average molecular weight is 256 g/mol. The Kier molecular flexibility index (Phi) is 3.71. The topological polar surface area (TPSA) is 24.4 Å². The Bertz CT molecular complexity index is 446. The molecule has 1 aromatic rings. The summed E-state index contributed by atoms with van der Waals surface area (Å²) >= 11 is 0. The number of benzene rings is 1. The van der Waals surface area contributed by atoms with Crippen molar-refractivity contribution in [2.75, 3.05) is 6.54 Å². The molecule has 0 aliphatic carbocycles. The molecule has 0 bridgehead atoms. The number of hydrogen-bond acceptors (Lipinski definition) is 2. The van der Waals surface area contributed by atoms with Crippen molar-refractivity contribution in [3.8, 4) is 0 Å². The van der Waals surface area contributed by atoms with E-state index in [9.17, 15) is 13.2 Å². The van der Waals surface area contributed by atoms with Crippen LogP contribution in [0.15, 0.2) is 29.3 Å². The van der Waals surface area contributed by atoms with Crippen LogP contribution in [0, 0.1) is 0 Å². The van der Waals surface area contributed by atoms with Gasteiger partial charge < -0.3 is 5.32 Å². The van der Waals surface area contributed by atoms with E-state index >= 15 is 0 Å². The lowest BCUT2D eigenvalue weighted by Gasteiger charge is -2.13. The van der Waals surface area contributed by atoms with Crippen molar-refractivity contribution >= 4 is 11.4 Å². The van der Waals surface area contributed by atoms with Crippen LogP contribution in [0.4, 0.5) is 18.9 Å². The minimum atomic E-state index is -4.36. The van der Waals surface area contributed by atoms with E-state index in [1.54, 1.807) is 13.0 Å². The summed E-state index contributed by atoms with van der Waals surface area (Å²) < 4.78 is 38.4. The molecule has 98 valence electrons. The van der Waals surface area contributed by atoms with Gasteiger partial charge in [-0.1, -0.05) is 12.1 Å². The Hall–Kier alpha value is -1.36. The van der Waals surface area contributed by atoms with Crippen LogP contribution in [0.5, 0.6) is 0 Å². The van der Waals surface area contributed by atoms with E-state index in [2.05, 4.69) is 10.3 Å². The molecular formula is C13H15F3N2. The molecule has 5 heteroatoms. The van der Waals surface area contributed by atoms with Gasteiger partial charge in [0.15, 0.2) is 0 Å². The molecule has 2 rings (SSSR count). The van der Waals surface area contributed by atoms with Crippen molar-refractivity contribution in [2.24, 2.45) is 4.99 Å². The lowest BCUT2D eigenvalue weighted by molar-refractivity contribution is -0.137. The lowest BCUT2D eigenvalue weighted by Crippen LogP contribution is -2.28. The first-order valence-electron chi connectivity index (χ1n) is 5.93. The van der Waals surface area contributed by atoms with Crippen LogP contribution >= 0.6 is 0 Å². The molecule has 1 unspecified atom stereocenters. The van der Waals surface area contributed by atoms with Crippen molar-refractivity contribution in [1.29, 1.82) is 0 Å². The molecular weight excluding hydrogens is 241 g/mol. The third-order valence-corrected chi connectivity index (χ3v) is 3.07. The highest BCUT2D eigenvalue weighted by atomic mass is 19.4. The van der Waals surface area contributed by atoms with E-state index in [0.717, 1.165) is 25.5 Å². The fourth-order valence-corrected chi connectivity index (χ4v) is 2.12. The summed E-state index contributed by atoms with van der Waals surface area (Å²) in [6.07, 6.45) is -2.38. The molecule has 0 spiro atoms. The van der Waals surface area contributed by atoms with Crippen LogP contribution in [0.2, 0.25) is 0 Å². The molecule has 0 saturated carbocycles. The third-order valence-electron chi connectivity index (χ3n) is 3.07. The van der Waals surface area contributed by atoms with E-state index in [0.29, 0.717) is 5.71 Å². The number of rotatable bonds is 2. The van der Waals surface area contributed by atoms with Crippen LogP contribution in [0.3, 0.4) is 0 Å². The predicted octanol–water partition coefficient (Wildman–Crippen LogP) is 3.55. The minimum Gasteiger partial charge on any atom is -0.309 e. The Labute approximate surface area is 104 Å². The molecule has 18 heavy (non-hydrogen) atoms. The van der Waals surface area contributed by atoms with Gasteiger partial charge in [-0.2, -0.15) is 13.2 Å². The molecule has 2 nitrogen and oxygen atoms in total. The van der Waals surface area contributed by atoms with Gasteiger partial charge in [-0.15, -0.1) is 0 Å². The molecule has 1 atom stereocenters. The van der Waals surface area contributed by atoms with Crippen molar-refractivity contribution in [3.63, 3.8) is 0 Å². The Balaban J connectivity index is 2.30. The average Bonchev–Trinajstić information content (AvgIpc) is 2.81. The van der Waals surface area contributed by atoms with Gasteiger partial charge in [0, 0.05) is 11.8 Å².